The van der Waals surface area contributed by atoms with Crippen LogP contribution in [0.5, 0.6) is 0 Å². The van der Waals surface area contributed by atoms with Crippen molar-refractivity contribution in [1.82, 2.24) is 0 Å². The van der Waals surface area contributed by atoms with Gasteiger partial charge in [0.1, 0.15) is 5.38 Å². The van der Waals surface area contributed by atoms with Crippen LogP contribution in [0.4, 0.5) is 30.7 Å². The highest BCUT2D eigenvalue weighted by molar-refractivity contribution is 6.22. The molecule has 1 heterocycles. The van der Waals surface area contributed by atoms with E-state index in [-0.39, 0.29) is 0 Å². The van der Waals surface area contributed by atoms with Crippen LogP contribution in [0.1, 0.15) is 0 Å². The summed E-state index contributed by atoms with van der Waals surface area (Å²) >= 11 is 4.65. The molecule has 0 aromatic heterocycles. The second-order valence-corrected chi connectivity index (χ2v) is 3.07. The fourth-order valence-electron chi connectivity index (χ4n) is 1.02. The molecule has 0 aromatic rings. The lowest BCUT2D eigenvalue weighted by atomic mass is 9.91. The first-order valence-electron chi connectivity index (χ1n) is 3.13. The van der Waals surface area contributed by atoms with Crippen LogP contribution in [-0.4, -0.2) is 29.7 Å². The van der Waals surface area contributed by atoms with Gasteiger partial charge in [0.15, 0.2) is 0 Å². The Labute approximate surface area is 77.8 Å². The maximum Gasteiger partial charge on any atom is 0.428 e. The van der Waals surface area contributed by atoms with E-state index < -0.39 is 29.7 Å². The first kappa shape index (κ1) is 11.8. The minimum atomic E-state index is -5.79. The summed E-state index contributed by atoms with van der Waals surface area (Å²) in [6, 6.07) is 0. The molecule has 1 rings (SSSR count). The third-order valence-electron chi connectivity index (χ3n) is 1.76. The summed E-state index contributed by atoms with van der Waals surface area (Å²) < 4.78 is 87.1. The van der Waals surface area contributed by atoms with Crippen LogP contribution in [0.15, 0.2) is 0 Å². The molecular weight excluding hydrogens is 244 g/mol. The van der Waals surface area contributed by atoms with Crippen molar-refractivity contribution in [2.24, 2.45) is 0 Å². The molecule has 0 aliphatic carbocycles. The average Bonchev–Trinajstić information content (AvgIpc) is 1.93. The Balaban J connectivity index is 3.08. The smallest absolute Gasteiger partial charge is 0.320 e. The first-order chi connectivity index (χ1) is 6.04. The van der Waals surface area contributed by atoms with Gasteiger partial charge in [-0.05, 0) is 0 Å². The summed E-state index contributed by atoms with van der Waals surface area (Å²) in [6.07, 6.45) is -14.3. The topological polar surface area (TPSA) is 9.23 Å². The van der Waals surface area contributed by atoms with Crippen LogP contribution < -0.4 is 0 Å². The van der Waals surface area contributed by atoms with Crippen molar-refractivity contribution in [3.05, 3.63) is 0 Å². The van der Waals surface area contributed by atoms with Gasteiger partial charge in [0.25, 0.3) is 5.60 Å². The summed E-state index contributed by atoms with van der Waals surface area (Å²) in [6.45, 7) is 0. The van der Waals surface area contributed by atoms with Crippen molar-refractivity contribution in [3.63, 3.8) is 0 Å². The molecule has 1 nitrogen and oxygen atoms in total. The van der Waals surface area contributed by atoms with Crippen LogP contribution in [0.3, 0.4) is 0 Å². The molecule has 0 saturated carbocycles. The van der Waals surface area contributed by atoms with E-state index in [1.54, 1.807) is 0 Å². The standard InChI is InChI=1S/C5H2ClF7O/c6-1-2(7)14-3(1,4(8,9)10)5(11,12)13/h1-2H/t1-,2-/m0/s1. The molecule has 0 amide bonds. The van der Waals surface area contributed by atoms with Gasteiger partial charge < -0.3 is 4.74 Å². The van der Waals surface area contributed by atoms with Crippen molar-refractivity contribution in [1.29, 1.82) is 0 Å². The molecule has 84 valence electrons. The van der Waals surface area contributed by atoms with E-state index in [0.717, 1.165) is 0 Å². The lowest BCUT2D eigenvalue weighted by Gasteiger charge is -2.49. The molecular formula is C5H2ClF7O. The van der Waals surface area contributed by atoms with E-state index in [1.165, 1.54) is 0 Å². The van der Waals surface area contributed by atoms with Crippen LogP contribution in [0, 0.1) is 0 Å². The van der Waals surface area contributed by atoms with E-state index in [0.29, 0.717) is 0 Å². The van der Waals surface area contributed by atoms with Crippen molar-refractivity contribution in [2.75, 3.05) is 0 Å². The van der Waals surface area contributed by atoms with Crippen LogP contribution in [0.2, 0.25) is 0 Å². The van der Waals surface area contributed by atoms with Gasteiger partial charge in [-0.2, -0.15) is 26.3 Å². The molecule has 0 aromatic carbocycles. The summed E-state index contributed by atoms with van der Waals surface area (Å²) in [5.41, 5.74) is -4.58. The van der Waals surface area contributed by atoms with Gasteiger partial charge in [-0.1, -0.05) is 0 Å². The normalized spacial score (nSPS) is 32.6. The molecule has 9 heteroatoms. The molecule has 0 N–H and O–H groups in total. The number of hydrogen-bond donors (Lipinski definition) is 0. The van der Waals surface area contributed by atoms with Crippen molar-refractivity contribution in [3.8, 4) is 0 Å². The molecule has 1 saturated heterocycles. The zero-order chi connectivity index (χ0) is 11.4. The largest absolute Gasteiger partial charge is 0.428 e. The zero-order valence-corrected chi connectivity index (χ0v) is 6.84. The van der Waals surface area contributed by atoms with Gasteiger partial charge >= 0.3 is 12.4 Å². The summed E-state index contributed by atoms with van der Waals surface area (Å²) in [5, 5.41) is -2.80. The Bertz CT molecular complexity index is 219. The maximum absolute atomic E-state index is 12.1. The molecule has 2 atom stereocenters. The zero-order valence-electron chi connectivity index (χ0n) is 6.09. The number of halogens is 8. The predicted octanol–water partition coefficient (Wildman–Crippen LogP) is 2.78. The minimum Gasteiger partial charge on any atom is -0.320 e. The van der Waals surface area contributed by atoms with Gasteiger partial charge in [-0.15, -0.1) is 11.6 Å². The van der Waals surface area contributed by atoms with Gasteiger partial charge in [-0.3, -0.25) is 0 Å². The minimum absolute atomic E-state index is 2.76. The van der Waals surface area contributed by atoms with Gasteiger partial charge in [0, 0.05) is 0 Å². The predicted molar refractivity (Wildman–Crippen MR) is 30.5 cm³/mol. The Hall–Kier alpha value is -0.240. The van der Waals surface area contributed by atoms with E-state index in [9.17, 15) is 30.7 Å². The lowest BCUT2D eigenvalue weighted by Crippen LogP contribution is -2.75. The Kier molecular flexibility index (Phi) is 2.43. The van der Waals surface area contributed by atoms with Crippen molar-refractivity contribution >= 4 is 11.6 Å². The number of alkyl halides is 8. The molecule has 0 unspecified atom stereocenters. The fraction of sp³-hybridized carbons (Fsp3) is 1.00. The van der Waals surface area contributed by atoms with Crippen LogP contribution in [-0.2, 0) is 4.74 Å². The SMILES string of the molecule is F[C@H]1OC(C(F)(F)F)(C(F)(F)F)[C@H]1Cl. The third-order valence-corrected chi connectivity index (χ3v) is 2.26. The Morgan fingerprint density at radius 1 is 1.00 bits per heavy atom. The van der Waals surface area contributed by atoms with E-state index in [2.05, 4.69) is 16.3 Å². The highest BCUT2D eigenvalue weighted by atomic mass is 35.5. The van der Waals surface area contributed by atoms with E-state index >= 15 is 0 Å². The average molecular weight is 247 g/mol. The fourth-order valence-corrected chi connectivity index (χ4v) is 1.37. The Morgan fingerprint density at radius 3 is 1.43 bits per heavy atom. The molecule has 1 fully saturated rings. The molecule has 0 spiro atoms. The second-order valence-electron chi connectivity index (χ2n) is 2.60. The molecule has 1 aliphatic heterocycles. The monoisotopic (exact) mass is 246 g/mol. The Morgan fingerprint density at radius 2 is 1.36 bits per heavy atom. The molecule has 0 bridgehead atoms. The summed E-state index contributed by atoms with van der Waals surface area (Å²) in [5.74, 6) is 0. The molecule has 0 radical (unpaired) electrons. The summed E-state index contributed by atoms with van der Waals surface area (Å²) in [7, 11) is 0. The van der Waals surface area contributed by atoms with Crippen molar-refractivity contribution < 1.29 is 35.5 Å². The molecule has 1 aliphatic rings. The lowest BCUT2D eigenvalue weighted by molar-refractivity contribution is -0.451. The number of rotatable bonds is 0. The highest BCUT2D eigenvalue weighted by Crippen LogP contribution is 2.57. The number of ether oxygens (including phenoxy) is 1. The van der Waals surface area contributed by atoms with Gasteiger partial charge in [0.2, 0.25) is 6.36 Å². The van der Waals surface area contributed by atoms with Crippen LogP contribution in [0.25, 0.3) is 0 Å². The van der Waals surface area contributed by atoms with E-state index in [4.69, 9.17) is 0 Å². The quantitative estimate of drug-likeness (QED) is 0.472. The maximum atomic E-state index is 12.1. The first-order valence-corrected chi connectivity index (χ1v) is 3.57. The van der Waals surface area contributed by atoms with Crippen LogP contribution >= 0.6 is 11.6 Å². The molecule has 14 heavy (non-hydrogen) atoms. The van der Waals surface area contributed by atoms with Gasteiger partial charge in [0.05, 0.1) is 0 Å². The van der Waals surface area contributed by atoms with Crippen molar-refractivity contribution in [2.45, 2.75) is 29.7 Å². The van der Waals surface area contributed by atoms with Gasteiger partial charge in [-0.25, -0.2) is 4.39 Å². The highest BCUT2D eigenvalue weighted by Gasteiger charge is 2.83. The third kappa shape index (κ3) is 1.27. The second kappa shape index (κ2) is 2.88. The number of hydrogen-bond acceptors (Lipinski definition) is 1. The summed E-state index contributed by atoms with van der Waals surface area (Å²) in [4.78, 5) is 0. The van der Waals surface area contributed by atoms with E-state index in [1.807, 2.05) is 0 Å².